The molecule has 1 unspecified atom stereocenters. The Kier molecular flexibility index (Phi) is 1.87. The number of hydrogen-bond acceptors (Lipinski definition) is 1. The molecule has 13 heavy (non-hydrogen) atoms. The van der Waals surface area contributed by atoms with Gasteiger partial charge in [0.2, 0.25) is 0 Å². The standard InChI is InChI=1S/C12H15N/c1-9-8-11-6-4-5-7-12(11)13(3)10(9)2/h4-8,10H,1-3H3. The molecule has 1 heteroatoms. The number of fused-ring (bicyclic) bond motifs is 1. The van der Waals surface area contributed by atoms with Crippen molar-refractivity contribution in [3.63, 3.8) is 0 Å². The average molecular weight is 173 g/mol. The zero-order valence-electron chi connectivity index (χ0n) is 8.41. The summed E-state index contributed by atoms with van der Waals surface area (Å²) in [5.41, 5.74) is 4.10. The molecular weight excluding hydrogens is 158 g/mol. The smallest absolute Gasteiger partial charge is 0.0471 e. The highest BCUT2D eigenvalue weighted by Crippen LogP contribution is 2.30. The lowest BCUT2D eigenvalue weighted by Crippen LogP contribution is -2.32. The molecule has 1 aromatic rings. The lowest BCUT2D eigenvalue weighted by atomic mass is 9.98. The van der Waals surface area contributed by atoms with Crippen LogP contribution in [0.1, 0.15) is 19.4 Å². The maximum atomic E-state index is 2.32. The third-order valence-electron chi connectivity index (χ3n) is 2.94. The Morgan fingerprint density at radius 1 is 1.23 bits per heavy atom. The van der Waals surface area contributed by atoms with Crippen LogP contribution in [0.3, 0.4) is 0 Å². The second kappa shape index (κ2) is 2.91. The minimum absolute atomic E-state index is 0.523. The van der Waals surface area contributed by atoms with Crippen LogP contribution in [0.2, 0.25) is 0 Å². The molecule has 0 aromatic heterocycles. The van der Waals surface area contributed by atoms with Crippen LogP contribution in [-0.2, 0) is 0 Å². The summed E-state index contributed by atoms with van der Waals surface area (Å²) in [5, 5.41) is 0. The van der Waals surface area contributed by atoms with Gasteiger partial charge < -0.3 is 4.90 Å². The molecule has 0 saturated carbocycles. The molecule has 0 fully saturated rings. The summed E-state index contributed by atoms with van der Waals surface area (Å²) in [7, 11) is 2.15. The van der Waals surface area contributed by atoms with E-state index in [1.807, 2.05) is 0 Å². The van der Waals surface area contributed by atoms with E-state index in [9.17, 15) is 0 Å². The Hall–Kier alpha value is -1.24. The minimum Gasteiger partial charge on any atom is -0.368 e. The Labute approximate surface area is 79.7 Å². The molecule has 0 bridgehead atoms. The van der Waals surface area contributed by atoms with Crippen molar-refractivity contribution in [1.29, 1.82) is 0 Å². The summed E-state index contributed by atoms with van der Waals surface area (Å²) in [6.07, 6.45) is 2.28. The van der Waals surface area contributed by atoms with E-state index in [1.54, 1.807) is 0 Å². The molecule has 0 saturated heterocycles. The van der Waals surface area contributed by atoms with E-state index in [-0.39, 0.29) is 0 Å². The number of rotatable bonds is 0. The van der Waals surface area contributed by atoms with Crippen LogP contribution in [0.25, 0.3) is 6.08 Å². The highest BCUT2D eigenvalue weighted by Gasteiger charge is 2.18. The number of anilines is 1. The van der Waals surface area contributed by atoms with Crippen molar-refractivity contribution in [2.24, 2.45) is 0 Å². The Balaban J connectivity index is 2.56. The van der Waals surface area contributed by atoms with Gasteiger partial charge in [0.25, 0.3) is 0 Å². The fourth-order valence-electron chi connectivity index (χ4n) is 1.81. The van der Waals surface area contributed by atoms with Gasteiger partial charge in [-0.25, -0.2) is 0 Å². The van der Waals surface area contributed by atoms with Gasteiger partial charge in [0.15, 0.2) is 0 Å². The minimum atomic E-state index is 0.523. The average Bonchev–Trinajstić information content (AvgIpc) is 2.15. The molecule has 0 N–H and O–H groups in total. The maximum absolute atomic E-state index is 2.32. The quantitative estimate of drug-likeness (QED) is 0.583. The number of hydrogen-bond donors (Lipinski definition) is 0. The molecule has 2 rings (SSSR count). The molecule has 0 amide bonds. The highest BCUT2D eigenvalue weighted by atomic mass is 15.1. The van der Waals surface area contributed by atoms with Gasteiger partial charge in [0.1, 0.15) is 0 Å². The lowest BCUT2D eigenvalue weighted by molar-refractivity contribution is 0.774. The van der Waals surface area contributed by atoms with E-state index in [0.29, 0.717) is 6.04 Å². The highest BCUT2D eigenvalue weighted by molar-refractivity contribution is 5.73. The summed E-state index contributed by atoms with van der Waals surface area (Å²) in [5.74, 6) is 0. The Bertz CT molecular complexity index is 352. The molecule has 0 spiro atoms. The lowest BCUT2D eigenvalue weighted by Gasteiger charge is -2.33. The molecule has 0 aliphatic carbocycles. The number of benzene rings is 1. The van der Waals surface area contributed by atoms with Gasteiger partial charge in [-0.05, 0) is 25.5 Å². The monoisotopic (exact) mass is 173 g/mol. The largest absolute Gasteiger partial charge is 0.368 e. The third-order valence-corrected chi connectivity index (χ3v) is 2.94. The summed E-state index contributed by atoms with van der Waals surface area (Å²) in [6, 6.07) is 9.05. The van der Waals surface area contributed by atoms with Crippen LogP contribution in [0.5, 0.6) is 0 Å². The van der Waals surface area contributed by atoms with Gasteiger partial charge in [0.05, 0.1) is 0 Å². The topological polar surface area (TPSA) is 3.24 Å². The fraction of sp³-hybridized carbons (Fsp3) is 0.333. The zero-order chi connectivity index (χ0) is 9.42. The first-order valence-corrected chi connectivity index (χ1v) is 4.70. The van der Waals surface area contributed by atoms with Crippen molar-refractivity contribution in [3.05, 3.63) is 35.4 Å². The molecule has 1 heterocycles. The second-order valence-electron chi connectivity index (χ2n) is 3.73. The van der Waals surface area contributed by atoms with E-state index in [2.05, 4.69) is 56.1 Å². The Morgan fingerprint density at radius 2 is 1.92 bits per heavy atom. The van der Waals surface area contributed by atoms with Crippen molar-refractivity contribution in [1.82, 2.24) is 0 Å². The fourth-order valence-corrected chi connectivity index (χ4v) is 1.81. The molecule has 1 atom stereocenters. The van der Waals surface area contributed by atoms with Crippen LogP contribution in [-0.4, -0.2) is 13.1 Å². The van der Waals surface area contributed by atoms with E-state index in [4.69, 9.17) is 0 Å². The van der Waals surface area contributed by atoms with Crippen molar-refractivity contribution in [2.75, 3.05) is 11.9 Å². The van der Waals surface area contributed by atoms with Crippen molar-refractivity contribution < 1.29 is 0 Å². The number of nitrogens with zero attached hydrogens (tertiary/aromatic N) is 1. The van der Waals surface area contributed by atoms with Gasteiger partial charge >= 0.3 is 0 Å². The predicted molar refractivity (Wildman–Crippen MR) is 58.0 cm³/mol. The van der Waals surface area contributed by atoms with E-state index < -0.39 is 0 Å². The summed E-state index contributed by atoms with van der Waals surface area (Å²) in [6.45, 7) is 4.43. The molecule has 1 nitrogen and oxygen atoms in total. The first-order chi connectivity index (χ1) is 6.20. The summed E-state index contributed by atoms with van der Waals surface area (Å²) in [4.78, 5) is 2.32. The molecular formula is C12H15N. The molecule has 1 aliphatic rings. The van der Waals surface area contributed by atoms with E-state index in [0.717, 1.165) is 0 Å². The van der Waals surface area contributed by atoms with E-state index >= 15 is 0 Å². The van der Waals surface area contributed by atoms with Crippen LogP contribution >= 0.6 is 0 Å². The predicted octanol–water partition coefficient (Wildman–Crippen LogP) is 2.93. The Morgan fingerprint density at radius 3 is 2.69 bits per heavy atom. The third kappa shape index (κ3) is 1.24. The van der Waals surface area contributed by atoms with Gasteiger partial charge in [-0.3, -0.25) is 0 Å². The van der Waals surface area contributed by atoms with Crippen LogP contribution in [0.15, 0.2) is 29.8 Å². The van der Waals surface area contributed by atoms with Gasteiger partial charge in [-0.2, -0.15) is 0 Å². The van der Waals surface area contributed by atoms with Crippen molar-refractivity contribution in [3.8, 4) is 0 Å². The number of likely N-dealkylation sites (N-methyl/N-ethyl adjacent to an activating group) is 1. The first-order valence-electron chi connectivity index (χ1n) is 4.70. The van der Waals surface area contributed by atoms with Crippen molar-refractivity contribution >= 4 is 11.8 Å². The van der Waals surface area contributed by atoms with Crippen molar-refractivity contribution in [2.45, 2.75) is 19.9 Å². The normalized spacial score (nSPS) is 21.0. The molecule has 1 aromatic carbocycles. The SMILES string of the molecule is CC1=Cc2ccccc2N(C)C1C. The van der Waals surface area contributed by atoms with Crippen LogP contribution in [0, 0.1) is 0 Å². The maximum Gasteiger partial charge on any atom is 0.0471 e. The summed E-state index contributed by atoms with van der Waals surface area (Å²) < 4.78 is 0. The molecule has 1 aliphatic heterocycles. The van der Waals surface area contributed by atoms with Gasteiger partial charge in [-0.1, -0.05) is 29.8 Å². The first kappa shape index (κ1) is 8.36. The summed E-state index contributed by atoms with van der Waals surface area (Å²) >= 11 is 0. The number of para-hydroxylation sites is 1. The molecule has 0 radical (unpaired) electrons. The zero-order valence-corrected chi connectivity index (χ0v) is 8.41. The van der Waals surface area contributed by atoms with Crippen LogP contribution in [0.4, 0.5) is 5.69 Å². The van der Waals surface area contributed by atoms with Crippen LogP contribution < -0.4 is 4.90 Å². The van der Waals surface area contributed by atoms with E-state index in [1.165, 1.54) is 16.8 Å². The molecule has 68 valence electrons. The second-order valence-corrected chi connectivity index (χ2v) is 3.73. The van der Waals surface area contributed by atoms with Gasteiger partial charge in [-0.15, -0.1) is 0 Å². The van der Waals surface area contributed by atoms with Gasteiger partial charge in [0, 0.05) is 18.8 Å².